The van der Waals surface area contributed by atoms with E-state index in [4.69, 9.17) is 4.74 Å². The quantitative estimate of drug-likeness (QED) is 0.584. The number of fused-ring (bicyclic) bond motifs is 1. The summed E-state index contributed by atoms with van der Waals surface area (Å²) in [6.45, 7) is 0. The zero-order valence-corrected chi connectivity index (χ0v) is 12.6. The molecule has 0 unspecified atom stereocenters. The van der Waals surface area contributed by atoms with Crippen LogP contribution in [0.5, 0.6) is 5.75 Å². The lowest BCUT2D eigenvalue weighted by atomic mass is 10.1. The van der Waals surface area contributed by atoms with Crippen molar-refractivity contribution in [2.24, 2.45) is 0 Å². The molecule has 2 heterocycles. The van der Waals surface area contributed by atoms with Crippen LogP contribution in [0.3, 0.4) is 0 Å². The largest absolute Gasteiger partial charge is 0.497 e. The van der Waals surface area contributed by atoms with E-state index < -0.39 is 5.97 Å². The first-order valence-electron chi connectivity index (χ1n) is 6.26. The summed E-state index contributed by atoms with van der Waals surface area (Å²) in [4.78, 5) is 30.8. The van der Waals surface area contributed by atoms with Crippen molar-refractivity contribution in [1.29, 1.82) is 0 Å². The maximum absolute atomic E-state index is 12.5. The van der Waals surface area contributed by atoms with Gasteiger partial charge >= 0.3 is 5.97 Å². The Bertz CT molecular complexity index is 868. The number of hydrogen-bond acceptors (Lipinski definition) is 7. The zero-order valence-electron chi connectivity index (χ0n) is 11.7. The summed E-state index contributed by atoms with van der Waals surface area (Å²) in [6, 6.07) is 5.39. The van der Waals surface area contributed by atoms with E-state index in [9.17, 15) is 9.59 Å². The topological polar surface area (TPSA) is 94.2 Å². The second kappa shape index (κ2) is 5.57. The maximum atomic E-state index is 12.5. The van der Waals surface area contributed by atoms with E-state index >= 15 is 0 Å². The number of nitrogens with one attached hydrogen (secondary N) is 1. The molecule has 0 aliphatic heterocycles. The number of methoxy groups -OCH3 is 2. The Labute approximate surface area is 129 Å². The molecule has 8 heteroatoms. The molecule has 0 radical (unpaired) electrons. The average molecular weight is 317 g/mol. The Morgan fingerprint density at radius 1 is 1.27 bits per heavy atom. The number of aromatic amines is 1. The van der Waals surface area contributed by atoms with E-state index in [2.05, 4.69) is 19.1 Å². The molecule has 0 saturated heterocycles. The van der Waals surface area contributed by atoms with Crippen molar-refractivity contribution in [3.8, 4) is 5.75 Å². The summed E-state index contributed by atoms with van der Waals surface area (Å²) < 4.78 is 13.5. The number of rotatable bonds is 4. The van der Waals surface area contributed by atoms with E-state index in [0.29, 0.717) is 11.3 Å². The van der Waals surface area contributed by atoms with Crippen LogP contribution in [0.25, 0.3) is 10.9 Å². The van der Waals surface area contributed by atoms with Gasteiger partial charge in [-0.15, -0.1) is 0 Å². The molecule has 0 aliphatic rings. The molecule has 3 rings (SSSR count). The highest BCUT2D eigenvalue weighted by atomic mass is 32.1. The predicted octanol–water partition coefficient (Wildman–Crippen LogP) is 2.05. The number of esters is 1. The fourth-order valence-corrected chi connectivity index (χ4v) is 2.63. The molecule has 0 atom stereocenters. The second-order valence-electron chi connectivity index (χ2n) is 4.36. The van der Waals surface area contributed by atoms with Crippen LogP contribution in [0.4, 0.5) is 0 Å². The molecule has 7 nitrogen and oxygen atoms in total. The van der Waals surface area contributed by atoms with Gasteiger partial charge in [-0.2, -0.15) is 4.37 Å². The Hall–Kier alpha value is -2.74. The lowest BCUT2D eigenvalue weighted by molar-refractivity contribution is 0.0588. The second-order valence-corrected chi connectivity index (χ2v) is 5.11. The summed E-state index contributed by atoms with van der Waals surface area (Å²) >= 11 is 0.861. The minimum absolute atomic E-state index is 0.117. The van der Waals surface area contributed by atoms with Gasteiger partial charge in [0.05, 0.1) is 19.8 Å². The molecule has 0 fully saturated rings. The normalized spacial score (nSPS) is 10.6. The van der Waals surface area contributed by atoms with Gasteiger partial charge in [0.2, 0.25) is 5.78 Å². The van der Waals surface area contributed by atoms with E-state index in [1.807, 2.05) is 6.07 Å². The number of ketones is 1. The fraction of sp³-hybridized carbons (Fsp3) is 0.143. The number of carbonyl (C=O) groups is 2. The smallest absolute Gasteiger partial charge is 0.377 e. The van der Waals surface area contributed by atoms with Crippen molar-refractivity contribution in [1.82, 2.24) is 14.3 Å². The maximum Gasteiger partial charge on any atom is 0.377 e. The van der Waals surface area contributed by atoms with Crippen LogP contribution in [0.2, 0.25) is 0 Å². The third-order valence-electron chi connectivity index (χ3n) is 3.12. The molecule has 3 aromatic rings. The summed E-state index contributed by atoms with van der Waals surface area (Å²) in [5, 5.41) is 0.850. The SMILES string of the molecule is COC(=O)c1nsc(C(=O)c2c[nH]c3ccc(OC)cc23)n1. The van der Waals surface area contributed by atoms with E-state index in [-0.39, 0.29) is 16.6 Å². The van der Waals surface area contributed by atoms with Crippen LogP contribution in [0, 0.1) is 0 Å². The Morgan fingerprint density at radius 3 is 2.82 bits per heavy atom. The van der Waals surface area contributed by atoms with Gasteiger partial charge < -0.3 is 14.5 Å². The Morgan fingerprint density at radius 2 is 2.09 bits per heavy atom. The first-order valence-corrected chi connectivity index (χ1v) is 7.03. The minimum atomic E-state index is -0.670. The summed E-state index contributed by atoms with van der Waals surface area (Å²) in [6.07, 6.45) is 1.60. The van der Waals surface area contributed by atoms with Crippen molar-refractivity contribution in [2.75, 3.05) is 14.2 Å². The standard InChI is InChI=1S/C14H11N3O4S/c1-20-7-3-4-10-8(5-7)9(6-15-10)11(18)13-16-12(17-22-13)14(19)21-2/h3-6,15H,1-2H3. The molecule has 0 saturated carbocycles. The number of hydrogen-bond donors (Lipinski definition) is 1. The zero-order chi connectivity index (χ0) is 15.7. The van der Waals surface area contributed by atoms with Gasteiger partial charge in [-0.1, -0.05) is 0 Å². The number of ether oxygens (including phenoxy) is 2. The number of aromatic nitrogens is 3. The minimum Gasteiger partial charge on any atom is -0.497 e. The van der Waals surface area contributed by atoms with Crippen molar-refractivity contribution in [3.05, 3.63) is 40.8 Å². The van der Waals surface area contributed by atoms with E-state index in [0.717, 1.165) is 22.4 Å². The molecule has 1 aromatic carbocycles. The molecular weight excluding hydrogens is 306 g/mol. The van der Waals surface area contributed by atoms with Crippen LogP contribution in [-0.2, 0) is 4.74 Å². The summed E-state index contributed by atoms with van der Waals surface area (Å²) in [7, 11) is 2.79. The first-order chi connectivity index (χ1) is 10.6. The van der Waals surface area contributed by atoms with E-state index in [1.165, 1.54) is 7.11 Å². The number of carbonyl (C=O) groups excluding carboxylic acids is 2. The van der Waals surface area contributed by atoms with Crippen molar-refractivity contribution < 1.29 is 19.1 Å². The molecule has 0 aliphatic carbocycles. The Kier molecular flexibility index (Phi) is 3.60. The highest BCUT2D eigenvalue weighted by Crippen LogP contribution is 2.25. The molecule has 2 aromatic heterocycles. The third kappa shape index (κ3) is 2.33. The average Bonchev–Trinajstić information content (AvgIpc) is 3.19. The summed E-state index contributed by atoms with van der Waals surface area (Å²) in [5.74, 6) is -0.454. The van der Waals surface area contributed by atoms with Crippen molar-refractivity contribution in [3.63, 3.8) is 0 Å². The number of H-pyrrole nitrogens is 1. The lowest BCUT2D eigenvalue weighted by Gasteiger charge is -2.00. The molecule has 112 valence electrons. The summed E-state index contributed by atoms with van der Waals surface area (Å²) in [5.41, 5.74) is 1.25. The van der Waals surface area contributed by atoms with Crippen molar-refractivity contribution in [2.45, 2.75) is 0 Å². The monoisotopic (exact) mass is 317 g/mol. The molecule has 1 N–H and O–H groups in total. The van der Waals surface area contributed by atoms with Crippen LogP contribution in [0.1, 0.15) is 26.0 Å². The first kappa shape index (κ1) is 14.2. The third-order valence-corrected chi connectivity index (χ3v) is 3.84. The van der Waals surface area contributed by atoms with Gasteiger partial charge in [-0.3, -0.25) is 4.79 Å². The van der Waals surface area contributed by atoms with Gasteiger partial charge in [0.15, 0.2) is 5.01 Å². The molecule has 0 spiro atoms. The van der Waals surface area contributed by atoms with Crippen molar-refractivity contribution >= 4 is 34.2 Å². The molecule has 22 heavy (non-hydrogen) atoms. The molecular formula is C14H11N3O4S. The highest BCUT2D eigenvalue weighted by Gasteiger charge is 2.21. The fourth-order valence-electron chi connectivity index (χ4n) is 2.02. The lowest BCUT2D eigenvalue weighted by Crippen LogP contribution is -2.05. The highest BCUT2D eigenvalue weighted by molar-refractivity contribution is 7.08. The van der Waals surface area contributed by atoms with Gasteiger partial charge in [-0.05, 0) is 29.7 Å². The number of nitrogens with zero attached hydrogens (tertiary/aromatic N) is 2. The van der Waals surface area contributed by atoms with Crippen LogP contribution in [0.15, 0.2) is 24.4 Å². The number of benzene rings is 1. The van der Waals surface area contributed by atoms with Crippen LogP contribution < -0.4 is 4.74 Å². The Balaban J connectivity index is 2.01. The van der Waals surface area contributed by atoms with Gasteiger partial charge in [0.1, 0.15) is 5.75 Å². The van der Waals surface area contributed by atoms with Crippen LogP contribution in [-0.4, -0.2) is 40.3 Å². The van der Waals surface area contributed by atoms with E-state index in [1.54, 1.807) is 25.4 Å². The van der Waals surface area contributed by atoms with Gasteiger partial charge in [0, 0.05) is 17.1 Å². The van der Waals surface area contributed by atoms with Gasteiger partial charge in [-0.25, -0.2) is 9.78 Å². The predicted molar refractivity (Wildman–Crippen MR) is 79.5 cm³/mol. The molecule has 0 amide bonds. The van der Waals surface area contributed by atoms with Crippen LogP contribution >= 0.6 is 11.5 Å². The molecule has 0 bridgehead atoms. The van der Waals surface area contributed by atoms with Gasteiger partial charge in [0.25, 0.3) is 5.82 Å².